The molecule has 3 heterocycles. The van der Waals surface area contributed by atoms with Crippen molar-refractivity contribution < 1.29 is 13.9 Å². The predicted octanol–water partition coefficient (Wildman–Crippen LogP) is 3.43. The third kappa shape index (κ3) is 3.72. The van der Waals surface area contributed by atoms with Gasteiger partial charge in [0.1, 0.15) is 17.3 Å². The van der Waals surface area contributed by atoms with Crippen molar-refractivity contribution in [1.82, 2.24) is 9.88 Å². The number of morpholine rings is 1. The van der Waals surface area contributed by atoms with Gasteiger partial charge in [0.05, 0.1) is 31.6 Å². The topological polar surface area (TPSA) is 47.7 Å². The second-order valence-corrected chi connectivity index (χ2v) is 7.23. The summed E-state index contributed by atoms with van der Waals surface area (Å²) in [7, 11) is 0. The van der Waals surface area contributed by atoms with Gasteiger partial charge >= 0.3 is 0 Å². The highest BCUT2D eigenvalue weighted by molar-refractivity contribution is 5.15. The van der Waals surface area contributed by atoms with Crippen LogP contribution in [0.3, 0.4) is 0 Å². The lowest BCUT2D eigenvalue weighted by molar-refractivity contribution is -0.138. The summed E-state index contributed by atoms with van der Waals surface area (Å²) in [5, 5.41) is 0. The van der Waals surface area contributed by atoms with E-state index in [1.807, 2.05) is 25.1 Å². The zero-order valence-electron chi connectivity index (χ0n) is 14.8. The van der Waals surface area contributed by atoms with E-state index in [1.165, 1.54) is 6.42 Å². The fourth-order valence-corrected chi connectivity index (χ4v) is 4.18. The molecule has 1 aliphatic carbocycles. The molecule has 2 fully saturated rings. The molecule has 4 rings (SSSR count). The summed E-state index contributed by atoms with van der Waals surface area (Å²) in [6, 6.07) is 7.98. The second-order valence-electron chi connectivity index (χ2n) is 7.23. The number of rotatable bonds is 5. The third-order valence-electron chi connectivity index (χ3n) is 5.45. The number of pyridine rings is 1. The molecule has 1 aliphatic heterocycles. The Labute approximate surface area is 148 Å². The van der Waals surface area contributed by atoms with E-state index in [0.29, 0.717) is 12.5 Å². The van der Waals surface area contributed by atoms with E-state index >= 15 is 0 Å². The number of nitrogens with zero attached hydrogens (tertiary/aromatic N) is 2. The molecule has 25 heavy (non-hydrogen) atoms. The van der Waals surface area contributed by atoms with E-state index in [9.17, 15) is 0 Å². The lowest BCUT2D eigenvalue weighted by Gasteiger charge is -2.43. The number of ether oxygens (including phenoxy) is 2. The highest BCUT2D eigenvalue weighted by atomic mass is 16.5. The zero-order chi connectivity index (χ0) is 17.1. The first kappa shape index (κ1) is 16.6. The summed E-state index contributed by atoms with van der Waals surface area (Å²) >= 11 is 0. The zero-order valence-corrected chi connectivity index (χ0v) is 14.8. The van der Waals surface area contributed by atoms with Crippen LogP contribution in [0.5, 0.6) is 5.75 Å². The smallest absolute Gasteiger partial charge is 0.137 e. The molecule has 134 valence electrons. The number of hydrogen-bond acceptors (Lipinski definition) is 5. The Morgan fingerprint density at radius 3 is 3.12 bits per heavy atom. The molecule has 5 nitrogen and oxygen atoms in total. The molecule has 2 aromatic heterocycles. The number of aromatic nitrogens is 1. The Bertz CT molecular complexity index is 687. The van der Waals surface area contributed by atoms with Gasteiger partial charge in [-0.3, -0.25) is 9.88 Å². The van der Waals surface area contributed by atoms with Crippen molar-refractivity contribution in [2.75, 3.05) is 26.3 Å². The quantitative estimate of drug-likeness (QED) is 0.833. The standard InChI is InChI=1S/C20H26N2O3/c1-16-6-7-19(25-16)13-22-10-11-24-20(15-22)8-2-4-17(20)14-23-18-5-3-9-21-12-18/h3,5-7,9,12,17H,2,4,8,10-11,13-15H2,1H3/t17-,20+/m0/s1. The van der Waals surface area contributed by atoms with E-state index in [2.05, 4.69) is 16.0 Å². The summed E-state index contributed by atoms with van der Waals surface area (Å²) in [6.07, 6.45) is 7.02. The molecule has 1 spiro atoms. The molecule has 2 aromatic rings. The molecule has 0 radical (unpaired) electrons. The molecular weight excluding hydrogens is 316 g/mol. The molecule has 2 atom stereocenters. The second kappa shape index (κ2) is 7.18. The van der Waals surface area contributed by atoms with Crippen LogP contribution >= 0.6 is 0 Å². The van der Waals surface area contributed by atoms with Crippen LogP contribution < -0.4 is 4.74 Å². The van der Waals surface area contributed by atoms with Crippen molar-refractivity contribution in [1.29, 1.82) is 0 Å². The first-order chi connectivity index (χ1) is 12.2. The molecule has 2 aliphatic rings. The lowest BCUT2D eigenvalue weighted by Crippen LogP contribution is -2.54. The van der Waals surface area contributed by atoms with Crippen molar-refractivity contribution in [2.24, 2.45) is 5.92 Å². The average Bonchev–Trinajstić information content (AvgIpc) is 3.20. The van der Waals surface area contributed by atoms with Gasteiger partial charge in [-0.1, -0.05) is 0 Å². The predicted molar refractivity (Wildman–Crippen MR) is 94.5 cm³/mol. The highest BCUT2D eigenvalue weighted by Crippen LogP contribution is 2.41. The van der Waals surface area contributed by atoms with Crippen molar-refractivity contribution in [3.05, 3.63) is 48.2 Å². The number of aryl methyl sites for hydroxylation is 1. The van der Waals surface area contributed by atoms with Crippen LogP contribution in [0.25, 0.3) is 0 Å². The summed E-state index contributed by atoms with van der Waals surface area (Å²) in [5.41, 5.74) is -0.0813. The van der Waals surface area contributed by atoms with Gasteiger partial charge in [0.2, 0.25) is 0 Å². The minimum absolute atomic E-state index is 0.0813. The van der Waals surface area contributed by atoms with Crippen LogP contribution in [-0.4, -0.2) is 41.8 Å². The van der Waals surface area contributed by atoms with Gasteiger partial charge in [0, 0.05) is 25.2 Å². The van der Waals surface area contributed by atoms with Crippen molar-refractivity contribution >= 4 is 0 Å². The molecule has 1 saturated heterocycles. The van der Waals surface area contributed by atoms with Crippen LogP contribution in [0.4, 0.5) is 0 Å². The molecule has 1 saturated carbocycles. The van der Waals surface area contributed by atoms with Gasteiger partial charge in [0.15, 0.2) is 0 Å². The summed E-state index contributed by atoms with van der Waals surface area (Å²) in [6.45, 7) is 6.23. The fraction of sp³-hybridized carbons (Fsp3) is 0.550. The average molecular weight is 342 g/mol. The minimum Gasteiger partial charge on any atom is -0.492 e. The third-order valence-corrected chi connectivity index (χ3v) is 5.45. The molecule has 5 heteroatoms. The Morgan fingerprint density at radius 1 is 1.36 bits per heavy atom. The van der Waals surface area contributed by atoms with Gasteiger partial charge in [-0.15, -0.1) is 0 Å². The molecule has 0 unspecified atom stereocenters. The van der Waals surface area contributed by atoms with Crippen molar-refractivity contribution in [3.63, 3.8) is 0 Å². The van der Waals surface area contributed by atoms with Crippen molar-refractivity contribution in [2.45, 2.75) is 38.3 Å². The molecular formula is C20H26N2O3. The van der Waals surface area contributed by atoms with E-state index in [-0.39, 0.29) is 5.60 Å². The summed E-state index contributed by atoms with van der Waals surface area (Å²) in [5.74, 6) is 3.27. The van der Waals surface area contributed by atoms with Gasteiger partial charge < -0.3 is 13.9 Å². The highest BCUT2D eigenvalue weighted by Gasteiger charge is 2.47. The SMILES string of the molecule is Cc1ccc(CN2CCO[C@]3(CCC[C@H]3COc3cccnc3)C2)o1. The molecule has 0 amide bonds. The number of hydrogen-bond donors (Lipinski definition) is 0. The lowest BCUT2D eigenvalue weighted by atomic mass is 9.89. The first-order valence-electron chi connectivity index (χ1n) is 9.18. The monoisotopic (exact) mass is 342 g/mol. The van der Waals surface area contributed by atoms with E-state index in [4.69, 9.17) is 13.9 Å². The van der Waals surface area contributed by atoms with Gasteiger partial charge in [-0.05, 0) is 50.5 Å². The maximum Gasteiger partial charge on any atom is 0.137 e. The molecule has 0 N–H and O–H groups in total. The Hall–Kier alpha value is -1.85. The maximum absolute atomic E-state index is 6.33. The largest absolute Gasteiger partial charge is 0.492 e. The van der Waals surface area contributed by atoms with Gasteiger partial charge in [0.25, 0.3) is 0 Å². The normalized spacial score (nSPS) is 27.0. The first-order valence-corrected chi connectivity index (χ1v) is 9.18. The van der Waals surface area contributed by atoms with Crippen molar-refractivity contribution in [3.8, 4) is 5.75 Å². The van der Waals surface area contributed by atoms with Crippen LogP contribution in [0.1, 0.15) is 30.8 Å². The maximum atomic E-state index is 6.33. The Balaban J connectivity index is 1.40. The van der Waals surface area contributed by atoms with Gasteiger partial charge in [-0.25, -0.2) is 0 Å². The van der Waals surface area contributed by atoms with Crippen LogP contribution in [-0.2, 0) is 11.3 Å². The van der Waals surface area contributed by atoms with Crippen LogP contribution in [0.15, 0.2) is 41.1 Å². The van der Waals surface area contributed by atoms with Crippen LogP contribution in [0, 0.1) is 12.8 Å². The summed E-state index contributed by atoms with van der Waals surface area (Å²) in [4.78, 5) is 6.58. The minimum atomic E-state index is -0.0813. The van der Waals surface area contributed by atoms with Crippen LogP contribution in [0.2, 0.25) is 0 Å². The Kier molecular flexibility index (Phi) is 4.77. The molecule has 0 aromatic carbocycles. The summed E-state index contributed by atoms with van der Waals surface area (Å²) < 4.78 is 18.1. The van der Waals surface area contributed by atoms with Gasteiger partial charge in [-0.2, -0.15) is 0 Å². The molecule has 0 bridgehead atoms. The van der Waals surface area contributed by atoms with E-state index in [0.717, 1.165) is 56.4 Å². The van der Waals surface area contributed by atoms with E-state index < -0.39 is 0 Å². The fourth-order valence-electron chi connectivity index (χ4n) is 4.18. The number of furan rings is 1. The Morgan fingerprint density at radius 2 is 2.32 bits per heavy atom. The van der Waals surface area contributed by atoms with E-state index in [1.54, 1.807) is 12.4 Å².